The lowest BCUT2D eigenvalue weighted by Crippen LogP contribution is -2.49. The SMILES string of the molecule is CCC1CCC2(CC1)NC(=O)N(CC(=O)c1cc(C)n(CC3CCCO3)c1C)C2=O. The number of ketones is 1. The largest absolute Gasteiger partial charge is 0.376 e. The molecule has 0 bridgehead atoms. The van der Waals surface area contributed by atoms with E-state index in [4.69, 9.17) is 4.74 Å². The van der Waals surface area contributed by atoms with Crippen molar-refractivity contribution < 1.29 is 19.1 Å². The van der Waals surface area contributed by atoms with E-state index >= 15 is 0 Å². The summed E-state index contributed by atoms with van der Waals surface area (Å²) in [5.74, 6) is 0.193. The van der Waals surface area contributed by atoms with Gasteiger partial charge < -0.3 is 14.6 Å². The van der Waals surface area contributed by atoms with Crippen molar-refractivity contribution in [3.05, 3.63) is 23.0 Å². The van der Waals surface area contributed by atoms with E-state index in [1.54, 1.807) is 0 Å². The van der Waals surface area contributed by atoms with Crippen molar-refractivity contribution in [1.82, 2.24) is 14.8 Å². The zero-order valence-electron chi connectivity index (χ0n) is 18.3. The highest BCUT2D eigenvalue weighted by molar-refractivity contribution is 6.11. The molecule has 7 nitrogen and oxygen atoms in total. The Bertz CT molecular complexity index is 845. The van der Waals surface area contributed by atoms with Gasteiger partial charge in [-0.25, -0.2) is 4.79 Å². The number of carbonyl (C=O) groups excluding carboxylic acids is 3. The van der Waals surface area contributed by atoms with Crippen molar-refractivity contribution in [3.8, 4) is 0 Å². The summed E-state index contributed by atoms with van der Waals surface area (Å²) in [6.07, 6.45) is 6.59. The van der Waals surface area contributed by atoms with Crippen molar-refractivity contribution in [2.75, 3.05) is 13.2 Å². The Balaban J connectivity index is 1.46. The fourth-order valence-electron chi connectivity index (χ4n) is 5.32. The summed E-state index contributed by atoms with van der Waals surface area (Å²) in [5, 5.41) is 2.91. The summed E-state index contributed by atoms with van der Waals surface area (Å²) < 4.78 is 7.85. The number of amides is 3. The van der Waals surface area contributed by atoms with Gasteiger partial charge in [0.15, 0.2) is 5.78 Å². The number of urea groups is 1. The third kappa shape index (κ3) is 3.68. The lowest BCUT2D eigenvalue weighted by atomic mass is 9.75. The maximum atomic E-state index is 13.1. The Hall–Kier alpha value is -2.15. The van der Waals surface area contributed by atoms with Crippen LogP contribution >= 0.6 is 0 Å². The minimum Gasteiger partial charge on any atom is -0.376 e. The molecule has 1 atom stereocenters. The molecular weight excluding hydrogens is 382 g/mol. The Labute approximate surface area is 178 Å². The molecule has 0 aromatic carbocycles. The first-order valence-electron chi connectivity index (χ1n) is 11.3. The molecule has 1 unspecified atom stereocenters. The van der Waals surface area contributed by atoms with Gasteiger partial charge in [0.2, 0.25) is 0 Å². The fourth-order valence-corrected chi connectivity index (χ4v) is 5.32. The van der Waals surface area contributed by atoms with Crippen LogP contribution in [0.1, 0.15) is 73.6 Å². The molecule has 7 heteroatoms. The summed E-state index contributed by atoms with van der Waals surface area (Å²) >= 11 is 0. The van der Waals surface area contributed by atoms with Gasteiger partial charge in [-0.15, -0.1) is 0 Å². The monoisotopic (exact) mass is 415 g/mol. The zero-order valence-corrected chi connectivity index (χ0v) is 18.3. The second kappa shape index (κ2) is 8.17. The van der Waals surface area contributed by atoms with Crippen LogP contribution in [0.25, 0.3) is 0 Å². The Morgan fingerprint density at radius 1 is 1.23 bits per heavy atom. The van der Waals surface area contributed by atoms with E-state index in [-0.39, 0.29) is 24.3 Å². The lowest BCUT2D eigenvalue weighted by molar-refractivity contribution is -0.132. The first kappa shape index (κ1) is 21.1. The number of Topliss-reactive ketones (excluding diaryl/α,β-unsaturated/α-hetero) is 1. The molecule has 1 saturated carbocycles. The van der Waals surface area contributed by atoms with E-state index in [2.05, 4.69) is 16.8 Å². The first-order chi connectivity index (χ1) is 14.3. The maximum absolute atomic E-state index is 13.1. The van der Waals surface area contributed by atoms with Crippen LogP contribution in [0.3, 0.4) is 0 Å². The van der Waals surface area contributed by atoms with Gasteiger partial charge in [0, 0.05) is 30.1 Å². The Kier molecular flexibility index (Phi) is 5.75. The molecule has 2 aliphatic heterocycles. The molecule has 1 aliphatic carbocycles. The van der Waals surface area contributed by atoms with Gasteiger partial charge in [-0.2, -0.15) is 0 Å². The van der Waals surface area contributed by atoms with Crippen molar-refractivity contribution in [2.24, 2.45) is 5.92 Å². The molecule has 30 heavy (non-hydrogen) atoms. The van der Waals surface area contributed by atoms with E-state index in [1.165, 1.54) is 0 Å². The van der Waals surface area contributed by atoms with Crippen LogP contribution in [0, 0.1) is 19.8 Å². The Morgan fingerprint density at radius 2 is 1.97 bits per heavy atom. The average Bonchev–Trinajstić information content (AvgIpc) is 3.40. The number of aromatic nitrogens is 1. The molecule has 0 radical (unpaired) electrons. The van der Waals surface area contributed by atoms with Gasteiger partial charge >= 0.3 is 6.03 Å². The third-order valence-corrected chi connectivity index (χ3v) is 7.37. The van der Waals surface area contributed by atoms with E-state index in [1.807, 2.05) is 19.9 Å². The van der Waals surface area contributed by atoms with Crippen LogP contribution in [0.2, 0.25) is 0 Å². The minimum absolute atomic E-state index is 0.182. The highest BCUT2D eigenvalue weighted by atomic mass is 16.5. The van der Waals surface area contributed by atoms with E-state index < -0.39 is 11.6 Å². The molecule has 3 heterocycles. The van der Waals surface area contributed by atoms with Gasteiger partial charge in [0.1, 0.15) is 5.54 Å². The number of imide groups is 1. The van der Waals surface area contributed by atoms with Crippen LogP contribution in [-0.2, 0) is 16.1 Å². The number of carbonyl (C=O) groups is 3. The van der Waals surface area contributed by atoms with Crippen molar-refractivity contribution in [1.29, 1.82) is 0 Å². The number of nitrogens with zero attached hydrogens (tertiary/aromatic N) is 2. The summed E-state index contributed by atoms with van der Waals surface area (Å²) in [6, 6.07) is 1.43. The van der Waals surface area contributed by atoms with Crippen LogP contribution < -0.4 is 5.32 Å². The van der Waals surface area contributed by atoms with Crippen molar-refractivity contribution in [2.45, 2.75) is 83.9 Å². The van der Waals surface area contributed by atoms with Gasteiger partial charge in [0.05, 0.1) is 12.6 Å². The van der Waals surface area contributed by atoms with Gasteiger partial charge in [-0.05, 0) is 64.4 Å². The molecule has 164 valence electrons. The van der Waals surface area contributed by atoms with E-state index in [9.17, 15) is 14.4 Å². The molecule has 4 rings (SSSR count). The molecule has 3 fully saturated rings. The predicted molar refractivity (Wildman–Crippen MR) is 112 cm³/mol. The molecular formula is C23H33N3O4. The second-order valence-corrected chi connectivity index (χ2v) is 9.21. The molecule has 3 amide bonds. The number of ether oxygens (including phenoxy) is 1. The molecule has 3 aliphatic rings. The molecule has 1 aromatic rings. The van der Waals surface area contributed by atoms with Crippen LogP contribution in [0.4, 0.5) is 4.79 Å². The van der Waals surface area contributed by atoms with Gasteiger partial charge in [-0.1, -0.05) is 13.3 Å². The van der Waals surface area contributed by atoms with Crippen molar-refractivity contribution in [3.63, 3.8) is 0 Å². The summed E-state index contributed by atoms with van der Waals surface area (Å²) in [7, 11) is 0. The second-order valence-electron chi connectivity index (χ2n) is 9.21. The quantitative estimate of drug-likeness (QED) is 0.571. The summed E-state index contributed by atoms with van der Waals surface area (Å²) in [5.41, 5.74) is 1.65. The minimum atomic E-state index is -0.806. The standard InChI is InChI=1S/C23H33N3O4/c1-4-17-7-9-23(10-8-17)21(28)26(22(29)24-23)14-20(27)19-12-15(2)25(16(19)3)13-18-6-5-11-30-18/h12,17-18H,4-11,13-14H2,1-3H3,(H,24,29). The summed E-state index contributed by atoms with van der Waals surface area (Å²) in [6.45, 7) is 7.40. The van der Waals surface area contributed by atoms with Crippen LogP contribution in [0.5, 0.6) is 0 Å². The number of aryl methyl sites for hydroxylation is 1. The third-order valence-electron chi connectivity index (χ3n) is 7.37. The number of hydrogen-bond donors (Lipinski definition) is 1. The highest BCUT2D eigenvalue weighted by Crippen LogP contribution is 2.37. The molecule has 1 aromatic heterocycles. The Morgan fingerprint density at radius 3 is 2.60 bits per heavy atom. The van der Waals surface area contributed by atoms with Gasteiger partial charge in [0.25, 0.3) is 5.91 Å². The molecule has 1 spiro atoms. The highest BCUT2D eigenvalue weighted by Gasteiger charge is 2.52. The van der Waals surface area contributed by atoms with Crippen molar-refractivity contribution >= 4 is 17.7 Å². The van der Waals surface area contributed by atoms with E-state index in [0.717, 1.165) is 61.5 Å². The zero-order chi connectivity index (χ0) is 21.5. The average molecular weight is 416 g/mol. The van der Waals surface area contributed by atoms with Crippen LogP contribution in [-0.4, -0.2) is 52.0 Å². The summed E-state index contributed by atoms with van der Waals surface area (Å²) in [4.78, 5) is 39.9. The fraction of sp³-hybridized carbons (Fsp3) is 0.696. The number of rotatable bonds is 6. The first-order valence-corrected chi connectivity index (χ1v) is 11.3. The van der Waals surface area contributed by atoms with Crippen LogP contribution in [0.15, 0.2) is 6.07 Å². The topological polar surface area (TPSA) is 80.6 Å². The maximum Gasteiger partial charge on any atom is 0.325 e. The van der Waals surface area contributed by atoms with E-state index in [0.29, 0.717) is 24.3 Å². The molecule has 1 N–H and O–H groups in total. The van der Waals surface area contributed by atoms with Gasteiger partial charge in [-0.3, -0.25) is 14.5 Å². The molecule has 2 saturated heterocycles. The number of hydrogen-bond acceptors (Lipinski definition) is 4. The normalized spacial score (nSPS) is 29.1. The smallest absolute Gasteiger partial charge is 0.325 e. The lowest BCUT2D eigenvalue weighted by Gasteiger charge is -2.34. The predicted octanol–water partition coefficient (Wildman–Crippen LogP) is 3.36. The number of nitrogens with one attached hydrogen (secondary N) is 1.